The van der Waals surface area contributed by atoms with E-state index in [4.69, 9.17) is 5.73 Å². The van der Waals surface area contributed by atoms with Crippen LogP contribution >= 0.6 is 0 Å². The Morgan fingerprint density at radius 2 is 2.30 bits per heavy atom. The zero-order valence-corrected chi connectivity index (χ0v) is 6.59. The van der Waals surface area contributed by atoms with Crippen LogP contribution in [0.25, 0.3) is 0 Å². The molecule has 0 amide bonds. The fourth-order valence-corrected chi connectivity index (χ4v) is 0.557. The van der Waals surface area contributed by atoms with Gasteiger partial charge in [0.1, 0.15) is 0 Å². The van der Waals surface area contributed by atoms with Crippen molar-refractivity contribution in [3.8, 4) is 0 Å². The van der Waals surface area contributed by atoms with Crippen LogP contribution in [0.5, 0.6) is 0 Å². The van der Waals surface area contributed by atoms with Crippen LogP contribution in [0.3, 0.4) is 0 Å². The Morgan fingerprint density at radius 3 is 2.60 bits per heavy atom. The summed E-state index contributed by atoms with van der Waals surface area (Å²) in [4.78, 5) is 0. The van der Waals surface area contributed by atoms with E-state index >= 15 is 0 Å². The maximum absolute atomic E-state index is 5.33. The van der Waals surface area contributed by atoms with E-state index in [9.17, 15) is 0 Å². The van der Waals surface area contributed by atoms with Crippen LogP contribution in [0.4, 0.5) is 0 Å². The standard InChI is InChI=1S/C7H8N.CH3.Li/c8-6-7-4-2-1-3-5-7;;/h1-2,4-5H,6,8H2;1H3;. The molecule has 2 N–H and O–H groups in total. The zero-order valence-electron chi connectivity index (χ0n) is 6.59. The molecule has 0 spiro atoms. The fraction of sp³-hybridized carbons (Fsp3) is 0.250. The molecule has 0 aliphatic rings. The number of benzene rings is 1. The Morgan fingerprint density at radius 1 is 1.60 bits per heavy atom. The molecule has 49 valence electrons. The third-order valence-corrected chi connectivity index (χ3v) is 1.01. The average Bonchev–Trinajstić information content (AvgIpc) is 2.10. The quantitative estimate of drug-likeness (QED) is 0.564. The van der Waals surface area contributed by atoms with Crippen LogP contribution in [-0.4, -0.2) is 17.7 Å². The van der Waals surface area contributed by atoms with Gasteiger partial charge < -0.3 is 5.73 Å². The summed E-state index contributed by atoms with van der Waals surface area (Å²) in [6, 6.07) is 10.6. The molecule has 1 aromatic rings. The molecule has 0 saturated carbocycles. The molecule has 0 aliphatic heterocycles. The number of rotatable bonds is 1. The van der Waals surface area contributed by atoms with Crippen LogP contribution in [0, 0.1) is 6.07 Å². The molecular weight excluding hydrogens is 117 g/mol. The van der Waals surface area contributed by atoms with E-state index < -0.39 is 0 Å². The van der Waals surface area contributed by atoms with Gasteiger partial charge in [0.25, 0.3) is 0 Å². The van der Waals surface area contributed by atoms with Gasteiger partial charge in [-0.2, -0.15) is 0 Å². The summed E-state index contributed by atoms with van der Waals surface area (Å²) in [6.45, 7) is 0.608. The molecule has 1 radical (unpaired) electrons. The van der Waals surface area contributed by atoms with E-state index in [0.29, 0.717) is 6.54 Å². The maximum atomic E-state index is 5.33. The Balaban J connectivity index is 0.000000371. The molecule has 0 saturated heterocycles. The monoisotopic (exact) mass is 128 g/mol. The summed E-state index contributed by atoms with van der Waals surface area (Å²) in [7, 11) is 0. The number of hydrogen-bond acceptors (Lipinski definition) is 1. The van der Waals surface area contributed by atoms with Crippen molar-refractivity contribution in [2.24, 2.45) is 5.73 Å². The van der Waals surface area contributed by atoms with E-state index in [1.807, 2.05) is 47.6 Å². The molecule has 0 unspecified atom stereocenters. The van der Waals surface area contributed by atoms with E-state index in [2.05, 4.69) is 6.07 Å². The minimum atomic E-state index is 0.608. The van der Waals surface area contributed by atoms with Crippen molar-refractivity contribution in [3.63, 3.8) is 0 Å². The van der Waals surface area contributed by atoms with E-state index in [-0.39, 0.29) is 0 Å². The van der Waals surface area contributed by atoms with Crippen molar-refractivity contribution in [3.05, 3.63) is 35.9 Å². The second kappa shape index (κ2) is 6.89. The van der Waals surface area contributed by atoms with Gasteiger partial charge in [0, 0.05) is 6.54 Å². The summed E-state index contributed by atoms with van der Waals surface area (Å²) in [5, 5.41) is 0. The zero-order chi connectivity index (χ0) is 7.82. The van der Waals surface area contributed by atoms with E-state index in [0.717, 1.165) is 5.56 Å². The minimum absolute atomic E-state index is 0.608. The third-order valence-electron chi connectivity index (χ3n) is 1.01. The summed E-state index contributed by atoms with van der Waals surface area (Å²) < 4.78 is 0. The Bertz CT molecular complexity index is 151. The van der Waals surface area contributed by atoms with Crippen molar-refractivity contribution < 1.29 is 0 Å². The number of nitrogens with two attached hydrogens (primary N) is 1. The summed E-state index contributed by atoms with van der Waals surface area (Å²) in [6.07, 6.45) is 0. The van der Waals surface area contributed by atoms with Crippen molar-refractivity contribution in [1.82, 2.24) is 0 Å². The van der Waals surface area contributed by atoms with Crippen molar-refractivity contribution in [1.29, 1.82) is 0 Å². The normalized spacial score (nSPS) is 8.00. The third kappa shape index (κ3) is 3.74. The molecule has 0 heterocycles. The van der Waals surface area contributed by atoms with Gasteiger partial charge in [-0.1, -0.05) is 18.2 Å². The van der Waals surface area contributed by atoms with E-state index in [1.54, 1.807) is 0 Å². The molecular formula is C8H11LiN. The van der Waals surface area contributed by atoms with Gasteiger partial charge in [-0.15, -0.1) is 0 Å². The second-order valence-corrected chi connectivity index (χ2v) is 1.62. The molecule has 0 aromatic heterocycles. The van der Waals surface area contributed by atoms with Gasteiger partial charge in [0.05, 0.1) is 0 Å². The first-order chi connectivity index (χ1) is 4.93. The van der Waals surface area contributed by atoms with Gasteiger partial charge in [0.15, 0.2) is 0 Å². The van der Waals surface area contributed by atoms with Crippen molar-refractivity contribution in [2.45, 2.75) is 12.1 Å². The molecule has 0 fully saturated rings. The van der Waals surface area contributed by atoms with Gasteiger partial charge in [-0.05, 0) is 17.7 Å². The summed E-state index contributed by atoms with van der Waals surface area (Å²) in [5.41, 5.74) is 8.46. The second-order valence-electron chi connectivity index (χ2n) is 1.62. The van der Waals surface area contributed by atoms with Crippen molar-refractivity contribution >= 4 is 17.7 Å². The summed E-state index contributed by atoms with van der Waals surface area (Å²) >= 11 is 2.00. The topological polar surface area (TPSA) is 26.0 Å². The Hall–Kier alpha value is -0.223. The molecule has 1 rings (SSSR count). The SMILES string of the molecule is NCc1c[c]ccc1.[Li][CH3]. The average molecular weight is 128 g/mol. The number of hydrogen-bond donors (Lipinski definition) is 1. The molecule has 1 aromatic carbocycles. The molecule has 0 atom stereocenters. The fourth-order valence-electron chi connectivity index (χ4n) is 0.557. The summed E-state index contributed by atoms with van der Waals surface area (Å²) in [5.74, 6) is 0. The molecule has 2 heteroatoms. The van der Waals surface area contributed by atoms with Crippen LogP contribution in [0.2, 0.25) is 5.60 Å². The first kappa shape index (κ1) is 9.78. The van der Waals surface area contributed by atoms with E-state index in [1.165, 1.54) is 0 Å². The predicted octanol–water partition coefficient (Wildman–Crippen LogP) is 1.15. The molecule has 0 aliphatic carbocycles. The first-order valence-corrected chi connectivity index (χ1v) is 3.58. The molecule has 10 heavy (non-hydrogen) atoms. The van der Waals surface area contributed by atoms with Crippen LogP contribution in [0.15, 0.2) is 24.3 Å². The van der Waals surface area contributed by atoms with Crippen molar-refractivity contribution in [2.75, 3.05) is 0 Å². The van der Waals surface area contributed by atoms with Gasteiger partial charge in [-0.3, -0.25) is 0 Å². The molecule has 1 nitrogen and oxygen atoms in total. The van der Waals surface area contributed by atoms with Gasteiger partial charge in [-0.25, -0.2) is 0 Å². The first-order valence-electron chi connectivity index (χ1n) is 3.58. The van der Waals surface area contributed by atoms with Crippen LogP contribution in [0.1, 0.15) is 5.56 Å². The Labute approximate surface area is 71.8 Å². The van der Waals surface area contributed by atoms with Gasteiger partial charge >= 0.3 is 23.3 Å². The van der Waals surface area contributed by atoms with Crippen LogP contribution < -0.4 is 5.73 Å². The van der Waals surface area contributed by atoms with Crippen LogP contribution in [-0.2, 0) is 6.54 Å². The Kier molecular flexibility index (Phi) is 6.74. The predicted molar refractivity (Wildman–Crippen MR) is 44.8 cm³/mol. The molecule has 0 bridgehead atoms. The van der Waals surface area contributed by atoms with Gasteiger partial charge in [0.2, 0.25) is 0 Å².